The summed E-state index contributed by atoms with van der Waals surface area (Å²) < 4.78 is 0. The van der Waals surface area contributed by atoms with Gasteiger partial charge in [0.05, 0.1) is 4.92 Å². The molecular weight excluding hydrogens is 174 g/mol. The van der Waals surface area contributed by atoms with E-state index in [-0.39, 0.29) is 11.5 Å². The molecule has 1 rings (SSSR count). The smallest absolute Gasteiger partial charge is 0.308 e. The molecule has 0 atom stereocenters. The van der Waals surface area contributed by atoms with Crippen molar-refractivity contribution in [3.05, 3.63) is 27.9 Å². The molecule has 0 aliphatic carbocycles. The van der Waals surface area contributed by atoms with Crippen LogP contribution in [0.15, 0.2) is 12.3 Å². The second-order valence-electron chi connectivity index (χ2n) is 2.34. The van der Waals surface area contributed by atoms with Crippen LogP contribution < -0.4 is 5.32 Å². The van der Waals surface area contributed by atoms with Crippen LogP contribution in [0.3, 0.4) is 0 Å². The van der Waals surface area contributed by atoms with Gasteiger partial charge in [-0.05, 0) is 13.0 Å². The van der Waals surface area contributed by atoms with Crippen molar-refractivity contribution >= 4 is 17.9 Å². The third-order valence-corrected chi connectivity index (χ3v) is 1.50. The number of carbonyl (C=O) groups excluding carboxylic acids is 1. The molecule has 0 fully saturated rings. The quantitative estimate of drug-likeness (QED) is 0.425. The Morgan fingerprint density at radius 1 is 1.69 bits per heavy atom. The fraction of sp³-hybridized carbons (Fsp3) is 0.143. The molecule has 6 heteroatoms. The molecule has 1 N–H and O–H groups in total. The molecular formula is C7H7N3O3. The third-order valence-electron chi connectivity index (χ3n) is 1.50. The molecule has 13 heavy (non-hydrogen) atoms. The number of nitro groups is 1. The Labute approximate surface area is 73.7 Å². The molecule has 1 heterocycles. The topological polar surface area (TPSA) is 85.1 Å². The van der Waals surface area contributed by atoms with Crippen molar-refractivity contribution in [2.24, 2.45) is 0 Å². The molecule has 0 saturated carbocycles. The number of anilines is 1. The number of aryl methyl sites for hydroxylation is 1. The number of pyridine rings is 1. The number of nitrogens with zero attached hydrogens (tertiary/aromatic N) is 2. The van der Waals surface area contributed by atoms with Gasteiger partial charge in [-0.1, -0.05) is 0 Å². The molecule has 0 aliphatic rings. The Bertz CT molecular complexity index is 351. The van der Waals surface area contributed by atoms with Gasteiger partial charge in [0, 0.05) is 11.8 Å². The highest BCUT2D eigenvalue weighted by molar-refractivity contribution is 5.75. The lowest BCUT2D eigenvalue weighted by atomic mass is 10.2. The Hall–Kier alpha value is -1.98. The summed E-state index contributed by atoms with van der Waals surface area (Å²) in [5.41, 5.74) is 0.291. The number of carbonyl (C=O) groups is 1. The molecule has 6 nitrogen and oxygen atoms in total. The SMILES string of the molecule is Cc1ccnc(NC=O)c1[N+](=O)[O-]. The lowest BCUT2D eigenvalue weighted by Crippen LogP contribution is -2.03. The zero-order valence-corrected chi connectivity index (χ0v) is 6.85. The van der Waals surface area contributed by atoms with Crippen molar-refractivity contribution in [3.8, 4) is 0 Å². The maximum Gasteiger partial charge on any atom is 0.314 e. The maximum absolute atomic E-state index is 10.5. The van der Waals surface area contributed by atoms with Crippen LogP contribution >= 0.6 is 0 Å². The van der Waals surface area contributed by atoms with Gasteiger partial charge in [-0.3, -0.25) is 14.9 Å². The van der Waals surface area contributed by atoms with Gasteiger partial charge in [-0.25, -0.2) is 4.98 Å². The largest absolute Gasteiger partial charge is 0.314 e. The van der Waals surface area contributed by atoms with Gasteiger partial charge in [0.15, 0.2) is 0 Å². The third kappa shape index (κ3) is 1.78. The highest BCUT2D eigenvalue weighted by Gasteiger charge is 2.17. The molecule has 0 bridgehead atoms. The van der Waals surface area contributed by atoms with Crippen molar-refractivity contribution in [1.82, 2.24) is 4.98 Å². The standard InChI is InChI=1S/C7H7N3O3/c1-5-2-3-8-7(9-4-11)6(5)10(12)13/h2-4H,1H3,(H,8,9,11). The Morgan fingerprint density at radius 2 is 2.38 bits per heavy atom. The second-order valence-corrected chi connectivity index (χ2v) is 2.34. The van der Waals surface area contributed by atoms with Gasteiger partial charge in [0.1, 0.15) is 0 Å². The van der Waals surface area contributed by atoms with Crippen molar-refractivity contribution < 1.29 is 9.72 Å². The zero-order chi connectivity index (χ0) is 9.84. The van der Waals surface area contributed by atoms with E-state index in [0.29, 0.717) is 12.0 Å². The summed E-state index contributed by atoms with van der Waals surface area (Å²) in [6.07, 6.45) is 1.75. The van der Waals surface area contributed by atoms with Crippen molar-refractivity contribution in [2.45, 2.75) is 6.92 Å². The van der Waals surface area contributed by atoms with Gasteiger partial charge in [0.25, 0.3) is 0 Å². The minimum Gasteiger partial charge on any atom is -0.308 e. The Kier molecular flexibility index (Phi) is 2.53. The first-order valence-electron chi connectivity index (χ1n) is 3.47. The molecule has 68 valence electrons. The van der Waals surface area contributed by atoms with Gasteiger partial charge >= 0.3 is 5.69 Å². The molecule has 0 radical (unpaired) electrons. The summed E-state index contributed by atoms with van der Waals surface area (Å²) in [6.45, 7) is 1.58. The highest BCUT2D eigenvalue weighted by atomic mass is 16.6. The number of rotatable bonds is 3. The van der Waals surface area contributed by atoms with Crippen molar-refractivity contribution in [2.75, 3.05) is 5.32 Å². The Balaban J connectivity index is 3.25. The first-order valence-corrected chi connectivity index (χ1v) is 3.47. The van der Waals surface area contributed by atoms with Crippen LogP contribution in [0.4, 0.5) is 11.5 Å². The van der Waals surface area contributed by atoms with E-state index in [1.54, 1.807) is 6.92 Å². The van der Waals surface area contributed by atoms with E-state index >= 15 is 0 Å². The predicted octanol–water partition coefficient (Wildman–Crippen LogP) is 0.867. The van der Waals surface area contributed by atoms with Crippen LogP contribution in [-0.4, -0.2) is 16.3 Å². The van der Waals surface area contributed by atoms with Gasteiger partial charge in [-0.15, -0.1) is 0 Å². The lowest BCUT2D eigenvalue weighted by molar-refractivity contribution is -0.384. The molecule has 1 aromatic heterocycles. The highest BCUT2D eigenvalue weighted by Crippen LogP contribution is 2.24. The normalized spacial score (nSPS) is 9.31. The predicted molar refractivity (Wildman–Crippen MR) is 45.3 cm³/mol. The summed E-state index contributed by atoms with van der Waals surface area (Å²) in [4.78, 5) is 23.7. The van der Waals surface area contributed by atoms with Crippen molar-refractivity contribution in [1.29, 1.82) is 0 Å². The summed E-state index contributed by atoms with van der Waals surface area (Å²) >= 11 is 0. The minimum atomic E-state index is -0.575. The van der Waals surface area contributed by atoms with E-state index in [1.165, 1.54) is 12.3 Å². The van der Waals surface area contributed by atoms with Crippen LogP contribution in [-0.2, 0) is 4.79 Å². The van der Waals surface area contributed by atoms with Crippen LogP contribution in [0.25, 0.3) is 0 Å². The number of aromatic nitrogens is 1. The Morgan fingerprint density at radius 3 is 2.92 bits per heavy atom. The second kappa shape index (κ2) is 3.61. The zero-order valence-electron chi connectivity index (χ0n) is 6.85. The molecule has 1 aromatic rings. The summed E-state index contributed by atoms with van der Waals surface area (Å²) in [5, 5.41) is 12.7. The van der Waals surface area contributed by atoms with Crippen LogP contribution in [0.5, 0.6) is 0 Å². The van der Waals surface area contributed by atoms with E-state index < -0.39 is 4.92 Å². The number of hydrogen-bond donors (Lipinski definition) is 1. The van der Waals surface area contributed by atoms with Crippen molar-refractivity contribution in [3.63, 3.8) is 0 Å². The fourth-order valence-corrected chi connectivity index (χ4v) is 0.942. The van der Waals surface area contributed by atoms with Crippen LogP contribution in [0.2, 0.25) is 0 Å². The summed E-state index contributed by atoms with van der Waals surface area (Å²) in [5.74, 6) is -0.0278. The van der Waals surface area contributed by atoms with E-state index in [0.717, 1.165) is 0 Å². The molecule has 0 aliphatic heterocycles. The number of amides is 1. The average Bonchev–Trinajstić information content (AvgIpc) is 2.04. The maximum atomic E-state index is 10.5. The van der Waals surface area contributed by atoms with Gasteiger partial charge in [0.2, 0.25) is 12.2 Å². The van der Waals surface area contributed by atoms with Gasteiger partial charge in [-0.2, -0.15) is 0 Å². The van der Waals surface area contributed by atoms with E-state index in [9.17, 15) is 14.9 Å². The van der Waals surface area contributed by atoms with E-state index in [4.69, 9.17) is 0 Å². The minimum absolute atomic E-state index is 0.0278. The molecule has 0 spiro atoms. The molecule has 0 aromatic carbocycles. The van der Waals surface area contributed by atoms with E-state index in [2.05, 4.69) is 10.3 Å². The number of nitrogens with one attached hydrogen (secondary N) is 1. The lowest BCUT2D eigenvalue weighted by Gasteiger charge is -2.00. The van der Waals surface area contributed by atoms with Crippen LogP contribution in [0, 0.1) is 17.0 Å². The first-order chi connectivity index (χ1) is 6.16. The molecule has 1 amide bonds. The number of hydrogen-bond acceptors (Lipinski definition) is 4. The summed E-state index contributed by atoms with van der Waals surface area (Å²) in [6, 6.07) is 1.51. The van der Waals surface area contributed by atoms with Gasteiger partial charge < -0.3 is 5.32 Å². The molecule has 0 saturated heterocycles. The average molecular weight is 181 g/mol. The van der Waals surface area contributed by atoms with Crippen LogP contribution in [0.1, 0.15) is 5.56 Å². The van der Waals surface area contributed by atoms with E-state index in [1.807, 2.05) is 0 Å². The monoisotopic (exact) mass is 181 g/mol. The fourth-order valence-electron chi connectivity index (χ4n) is 0.942. The summed E-state index contributed by atoms with van der Waals surface area (Å²) in [7, 11) is 0. The molecule has 0 unspecified atom stereocenters. The first kappa shape index (κ1) is 9.11.